The fourth-order valence-corrected chi connectivity index (χ4v) is 3.20. The summed E-state index contributed by atoms with van der Waals surface area (Å²) in [6.07, 6.45) is 1.73. The average molecular weight is 387 g/mol. The van der Waals surface area contributed by atoms with Crippen LogP contribution < -0.4 is 9.47 Å². The molecule has 0 aliphatic heterocycles. The largest absolute Gasteiger partial charge is 0.710 e. The van der Waals surface area contributed by atoms with Crippen molar-refractivity contribution in [3.8, 4) is 34.1 Å². The van der Waals surface area contributed by atoms with Crippen molar-refractivity contribution >= 4 is 5.69 Å². The summed E-state index contributed by atoms with van der Waals surface area (Å²) in [5.41, 5.74) is 2.31. The van der Waals surface area contributed by atoms with Crippen molar-refractivity contribution in [2.24, 2.45) is 0 Å². The van der Waals surface area contributed by atoms with Gasteiger partial charge in [-0.25, -0.2) is 4.73 Å². The van der Waals surface area contributed by atoms with Gasteiger partial charge in [-0.2, -0.15) is 4.57 Å². The zero-order valence-electron chi connectivity index (χ0n) is 15.6. The first-order valence-corrected chi connectivity index (χ1v) is 8.88. The van der Waals surface area contributed by atoms with Crippen LogP contribution >= 0.6 is 0 Å². The molecule has 3 aromatic carbocycles. The number of nitro benzene ring substituents is 1. The minimum Gasteiger partial charge on any atom is -0.710 e. The zero-order valence-corrected chi connectivity index (χ0v) is 15.6. The van der Waals surface area contributed by atoms with E-state index in [1.807, 2.05) is 42.5 Å². The van der Waals surface area contributed by atoms with Crippen LogP contribution in [0.15, 0.2) is 85.1 Å². The first-order chi connectivity index (χ1) is 14.1. The lowest BCUT2D eigenvalue weighted by molar-refractivity contribution is -0.581. The van der Waals surface area contributed by atoms with Crippen LogP contribution in [0.1, 0.15) is 0 Å². The van der Waals surface area contributed by atoms with Crippen molar-refractivity contribution < 1.29 is 14.4 Å². The molecular weight excluding hydrogens is 370 g/mol. The second-order valence-electron chi connectivity index (χ2n) is 6.37. The Morgan fingerprint density at radius 3 is 2.28 bits per heavy atom. The summed E-state index contributed by atoms with van der Waals surface area (Å²) in [5.74, 6) is 0.980. The zero-order chi connectivity index (χ0) is 20.4. The van der Waals surface area contributed by atoms with Gasteiger partial charge < -0.3 is 9.94 Å². The minimum absolute atomic E-state index is 0.0776. The molecule has 0 unspecified atom stereocenters. The Labute approximate surface area is 166 Å². The molecule has 0 aliphatic rings. The summed E-state index contributed by atoms with van der Waals surface area (Å²) < 4.78 is 7.74. The minimum atomic E-state index is -0.475. The summed E-state index contributed by atoms with van der Waals surface area (Å²) in [6.45, 7) is 0. The van der Waals surface area contributed by atoms with Crippen molar-refractivity contribution in [1.82, 2.24) is 4.57 Å². The average Bonchev–Trinajstić information content (AvgIpc) is 3.11. The van der Waals surface area contributed by atoms with Gasteiger partial charge in [-0.3, -0.25) is 10.1 Å². The van der Waals surface area contributed by atoms with Gasteiger partial charge >= 0.3 is 0 Å². The second kappa shape index (κ2) is 7.47. The number of benzene rings is 3. The van der Waals surface area contributed by atoms with E-state index in [-0.39, 0.29) is 11.5 Å². The number of nitro groups is 1. The van der Waals surface area contributed by atoms with E-state index in [0.717, 1.165) is 16.0 Å². The fourth-order valence-electron chi connectivity index (χ4n) is 3.20. The monoisotopic (exact) mass is 387 g/mol. The van der Waals surface area contributed by atoms with Gasteiger partial charge in [0.15, 0.2) is 5.69 Å². The molecule has 4 rings (SSSR count). The van der Waals surface area contributed by atoms with Crippen LogP contribution in [0.4, 0.5) is 5.69 Å². The third kappa shape index (κ3) is 3.41. The Bertz CT molecular complexity index is 1170. The molecular formula is C22H17N3O4. The third-order valence-electron chi connectivity index (χ3n) is 4.63. The summed E-state index contributed by atoms with van der Waals surface area (Å²) in [4.78, 5) is 10.7. The second-order valence-corrected chi connectivity index (χ2v) is 6.37. The van der Waals surface area contributed by atoms with Crippen LogP contribution in [0.2, 0.25) is 0 Å². The molecule has 0 saturated carbocycles. The number of aromatic nitrogens is 2. The third-order valence-corrected chi connectivity index (χ3v) is 4.63. The molecule has 144 valence electrons. The molecule has 0 spiro atoms. The maximum Gasteiger partial charge on any atom is 0.297 e. The van der Waals surface area contributed by atoms with Crippen molar-refractivity contribution in [3.63, 3.8) is 0 Å². The highest BCUT2D eigenvalue weighted by Gasteiger charge is 2.25. The predicted octanol–water partition coefficient (Wildman–Crippen LogP) is 4.36. The van der Waals surface area contributed by atoms with Gasteiger partial charge in [0, 0.05) is 17.7 Å². The molecule has 1 heterocycles. The Morgan fingerprint density at radius 2 is 1.62 bits per heavy atom. The molecule has 0 aliphatic carbocycles. The lowest BCUT2D eigenvalue weighted by Gasteiger charge is -2.08. The van der Waals surface area contributed by atoms with Gasteiger partial charge in [-0.1, -0.05) is 36.4 Å². The van der Waals surface area contributed by atoms with Gasteiger partial charge in [0.05, 0.1) is 17.6 Å². The molecule has 0 bridgehead atoms. The van der Waals surface area contributed by atoms with Crippen LogP contribution in [0, 0.1) is 15.3 Å². The summed E-state index contributed by atoms with van der Waals surface area (Å²) in [6, 6.07) is 22.6. The lowest BCUT2D eigenvalue weighted by atomic mass is 10.1. The number of ether oxygens (including phenoxy) is 1. The van der Waals surface area contributed by atoms with Crippen LogP contribution in [0.25, 0.3) is 28.3 Å². The van der Waals surface area contributed by atoms with Gasteiger partial charge in [0.1, 0.15) is 17.6 Å². The van der Waals surface area contributed by atoms with E-state index in [2.05, 4.69) is 0 Å². The first kappa shape index (κ1) is 18.2. The number of hydrogen-bond donors (Lipinski definition) is 0. The van der Waals surface area contributed by atoms with Crippen LogP contribution in [-0.4, -0.2) is 16.6 Å². The van der Waals surface area contributed by atoms with Gasteiger partial charge in [0.25, 0.3) is 11.5 Å². The first-order valence-electron chi connectivity index (χ1n) is 8.88. The van der Waals surface area contributed by atoms with E-state index in [1.165, 1.54) is 12.1 Å². The predicted molar refractivity (Wildman–Crippen MR) is 109 cm³/mol. The summed E-state index contributed by atoms with van der Waals surface area (Å²) >= 11 is 0. The molecule has 29 heavy (non-hydrogen) atoms. The fraction of sp³-hybridized carbons (Fsp3) is 0.0455. The summed E-state index contributed by atoms with van der Waals surface area (Å²) in [7, 11) is 1.58. The Balaban J connectivity index is 1.95. The van der Waals surface area contributed by atoms with Crippen molar-refractivity contribution in [1.29, 1.82) is 0 Å². The highest BCUT2D eigenvalue weighted by Crippen LogP contribution is 2.28. The Kier molecular flexibility index (Phi) is 4.70. The molecule has 0 fully saturated rings. The van der Waals surface area contributed by atoms with E-state index in [4.69, 9.17) is 4.74 Å². The number of imidazole rings is 1. The molecule has 7 heteroatoms. The molecule has 4 aromatic rings. The van der Waals surface area contributed by atoms with E-state index in [0.29, 0.717) is 17.0 Å². The summed E-state index contributed by atoms with van der Waals surface area (Å²) in [5, 5.41) is 24.5. The number of nitrogens with zero attached hydrogens (tertiary/aromatic N) is 3. The molecule has 0 radical (unpaired) electrons. The molecule has 1 aromatic heterocycles. The lowest BCUT2D eigenvalue weighted by Crippen LogP contribution is -2.30. The maximum atomic E-state index is 13.3. The molecule has 0 atom stereocenters. The van der Waals surface area contributed by atoms with E-state index in [1.54, 1.807) is 42.1 Å². The van der Waals surface area contributed by atoms with Crippen LogP contribution in [0.5, 0.6) is 5.75 Å². The number of methoxy groups -OCH3 is 1. The highest BCUT2D eigenvalue weighted by atomic mass is 16.6. The van der Waals surface area contributed by atoms with E-state index < -0.39 is 4.92 Å². The van der Waals surface area contributed by atoms with Crippen molar-refractivity contribution in [2.45, 2.75) is 0 Å². The maximum absolute atomic E-state index is 13.3. The normalized spacial score (nSPS) is 10.7. The smallest absolute Gasteiger partial charge is 0.297 e. The number of rotatable bonds is 5. The quantitative estimate of drug-likeness (QED) is 0.220. The SMILES string of the molecule is COc1ccc(-n2cc(-c3ccccc3)[n+]([O-])c2-c2cccc([N+](=O)[O-])c2)cc1. The van der Waals surface area contributed by atoms with Crippen LogP contribution in [0.3, 0.4) is 0 Å². The standard InChI is InChI=1S/C22H17N3O4/c1-29-20-12-10-18(11-13-20)23-15-21(16-6-3-2-4-7-16)24(26)22(23)17-8-5-9-19(14-17)25(27)28/h2-15H,1H3. The topological polar surface area (TPSA) is 84.2 Å². The molecule has 0 saturated heterocycles. The van der Waals surface area contributed by atoms with Gasteiger partial charge in [-0.15, -0.1) is 0 Å². The van der Waals surface area contributed by atoms with Gasteiger partial charge in [0.2, 0.25) is 0 Å². The Morgan fingerprint density at radius 1 is 0.931 bits per heavy atom. The molecule has 0 N–H and O–H groups in total. The Hall–Kier alpha value is -4.13. The van der Waals surface area contributed by atoms with E-state index >= 15 is 0 Å². The number of hydrogen-bond acceptors (Lipinski definition) is 4. The van der Waals surface area contributed by atoms with E-state index in [9.17, 15) is 15.3 Å². The van der Waals surface area contributed by atoms with Crippen molar-refractivity contribution in [2.75, 3.05) is 7.11 Å². The molecule has 0 amide bonds. The van der Waals surface area contributed by atoms with Crippen molar-refractivity contribution in [3.05, 3.63) is 100 Å². The highest BCUT2D eigenvalue weighted by molar-refractivity contribution is 5.64. The number of non-ortho nitro benzene ring substituents is 1. The van der Waals surface area contributed by atoms with Gasteiger partial charge in [-0.05, 0) is 30.3 Å². The molecule has 7 nitrogen and oxygen atoms in total. The van der Waals surface area contributed by atoms with Crippen LogP contribution in [-0.2, 0) is 0 Å².